The largest absolute Gasteiger partial charge is 0.491 e. The number of sulfonamides is 1. The van der Waals surface area contributed by atoms with Gasteiger partial charge in [-0.2, -0.15) is 13.2 Å². The Balaban J connectivity index is 2.18. The number of alkyl halides is 3. The predicted molar refractivity (Wildman–Crippen MR) is 104 cm³/mol. The minimum atomic E-state index is -4.64. The maximum Gasteiger partial charge on any atom is 0.416 e. The molecule has 1 amide bonds. The smallest absolute Gasteiger partial charge is 0.416 e. The molecule has 0 unspecified atom stereocenters. The van der Waals surface area contributed by atoms with Crippen molar-refractivity contribution in [3.8, 4) is 5.75 Å². The zero-order valence-electron chi connectivity index (χ0n) is 16.0. The number of carbonyl (C=O) groups is 1. The molecule has 0 saturated carbocycles. The van der Waals surface area contributed by atoms with Crippen LogP contribution >= 0.6 is 0 Å². The molecule has 6 nitrogen and oxygen atoms in total. The highest BCUT2D eigenvalue weighted by Crippen LogP contribution is 2.32. The number of halogens is 3. The topological polar surface area (TPSA) is 75.7 Å². The highest BCUT2D eigenvalue weighted by molar-refractivity contribution is 7.92. The molecule has 0 heterocycles. The standard InChI is InChI=1S/C19H21F3N2O4S/c1-13(2)28-17-9-7-15(8-10-17)23-18(25)12-24(29(3,26)27)16-6-4-5-14(11-16)19(20,21)22/h4-11,13H,12H2,1-3H3,(H,23,25). The van der Waals surface area contributed by atoms with Crippen LogP contribution in [0.2, 0.25) is 0 Å². The molecule has 2 aromatic rings. The van der Waals surface area contributed by atoms with Crippen LogP contribution in [0, 0.1) is 0 Å². The van der Waals surface area contributed by atoms with Gasteiger partial charge < -0.3 is 10.1 Å². The van der Waals surface area contributed by atoms with Gasteiger partial charge in [0.25, 0.3) is 0 Å². The Morgan fingerprint density at radius 2 is 1.76 bits per heavy atom. The predicted octanol–water partition coefficient (Wildman–Crippen LogP) is 3.90. The molecule has 0 saturated heterocycles. The number of nitrogens with one attached hydrogen (secondary N) is 1. The Hall–Kier alpha value is -2.75. The molecule has 0 bridgehead atoms. The quantitative estimate of drug-likeness (QED) is 0.723. The molecule has 0 atom stereocenters. The third-order valence-electron chi connectivity index (χ3n) is 3.66. The number of amides is 1. The van der Waals surface area contributed by atoms with Crippen LogP contribution < -0.4 is 14.4 Å². The molecule has 0 spiro atoms. The van der Waals surface area contributed by atoms with Crippen molar-refractivity contribution in [3.63, 3.8) is 0 Å². The van der Waals surface area contributed by atoms with Gasteiger partial charge in [-0.05, 0) is 56.3 Å². The number of anilines is 2. The SMILES string of the molecule is CC(C)Oc1ccc(NC(=O)CN(c2cccc(C(F)(F)F)c2)S(C)(=O)=O)cc1. The number of ether oxygens (including phenoxy) is 1. The fraction of sp³-hybridized carbons (Fsp3) is 0.316. The molecule has 2 aromatic carbocycles. The fourth-order valence-electron chi connectivity index (χ4n) is 2.46. The van der Waals surface area contributed by atoms with Gasteiger partial charge in [0.1, 0.15) is 12.3 Å². The van der Waals surface area contributed by atoms with E-state index >= 15 is 0 Å². The Morgan fingerprint density at radius 1 is 1.14 bits per heavy atom. The first-order chi connectivity index (χ1) is 13.4. The lowest BCUT2D eigenvalue weighted by Gasteiger charge is -2.23. The van der Waals surface area contributed by atoms with Gasteiger partial charge in [-0.1, -0.05) is 6.07 Å². The van der Waals surface area contributed by atoms with E-state index < -0.39 is 34.2 Å². The van der Waals surface area contributed by atoms with E-state index in [1.807, 2.05) is 13.8 Å². The summed E-state index contributed by atoms with van der Waals surface area (Å²) in [5.41, 5.74) is -0.869. The number of hydrogen-bond acceptors (Lipinski definition) is 4. The van der Waals surface area contributed by atoms with Crippen LogP contribution in [0.5, 0.6) is 5.75 Å². The van der Waals surface area contributed by atoms with Crippen molar-refractivity contribution in [1.82, 2.24) is 0 Å². The van der Waals surface area contributed by atoms with Gasteiger partial charge in [0.05, 0.1) is 23.6 Å². The summed E-state index contributed by atoms with van der Waals surface area (Å²) in [6.45, 7) is 3.05. The normalized spacial score (nSPS) is 12.0. The first kappa shape index (κ1) is 22.5. The lowest BCUT2D eigenvalue weighted by atomic mass is 10.2. The summed E-state index contributed by atoms with van der Waals surface area (Å²) in [5, 5.41) is 2.52. The first-order valence-electron chi connectivity index (χ1n) is 8.58. The van der Waals surface area contributed by atoms with Gasteiger partial charge in [-0.25, -0.2) is 8.42 Å². The molecule has 0 aliphatic heterocycles. The van der Waals surface area contributed by atoms with Gasteiger partial charge in [0.2, 0.25) is 15.9 Å². The third kappa shape index (κ3) is 6.67. The number of carbonyl (C=O) groups excluding carboxylic acids is 1. The van der Waals surface area contributed by atoms with E-state index in [-0.39, 0.29) is 11.8 Å². The molecule has 0 fully saturated rings. The second kappa shape index (κ2) is 8.73. The summed E-state index contributed by atoms with van der Waals surface area (Å²) in [4.78, 5) is 12.3. The van der Waals surface area contributed by atoms with E-state index in [1.54, 1.807) is 24.3 Å². The molecule has 0 radical (unpaired) electrons. The van der Waals surface area contributed by atoms with Gasteiger partial charge in [-0.3, -0.25) is 9.10 Å². The number of benzene rings is 2. The van der Waals surface area contributed by atoms with Crippen molar-refractivity contribution < 1.29 is 31.1 Å². The van der Waals surface area contributed by atoms with Crippen molar-refractivity contribution in [3.05, 3.63) is 54.1 Å². The number of nitrogens with zero attached hydrogens (tertiary/aromatic N) is 1. The Kier molecular flexibility index (Phi) is 6.78. The summed E-state index contributed by atoms with van der Waals surface area (Å²) >= 11 is 0. The average Bonchev–Trinajstić information content (AvgIpc) is 2.59. The van der Waals surface area contributed by atoms with Crippen LogP contribution in [-0.2, 0) is 21.0 Å². The Bertz CT molecular complexity index is 958. The molecule has 158 valence electrons. The second-order valence-electron chi connectivity index (χ2n) is 6.56. The van der Waals surface area contributed by atoms with Crippen LogP contribution in [0.1, 0.15) is 19.4 Å². The Labute approximate surface area is 167 Å². The summed E-state index contributed by atoms with van der Waals surface area (Å²) in [6.07, 6.45) is -3.84. The summed E-state index contributed by atoms with van der Waals surface area (Å²) in [7, 11) is -4.00. The third-order valence-corrected chi connectivity index (χ3v) is 4.80. The molecule has 0 aromatic heterocycles. The van der Waals surface area contributed by atoms with E-state index in [0.717, 1.165) is 18.4 Å². The molecule has 1 N–H and O–H groups in total. The molecular formula is C19H21F3N2O4S. The van der Waals surface area contributed by atoms with Gasteiger partial charge in [0, 0.05) is 5.69 Å². The van der Waals surface area contributed by atoms with Crippen LogP contribution in [0.4, 0.5) is 24.5 Å². The van der Waals surface area contributed by atoms with Crippen molar-refractivity contribution >= 4 is 27.3 Å². The lowest BCUT2D eigenvalue weighted by Crippen LogP contribution is -2.37. The zero-order chi connectivity index (χ0) is 21.8. The van der Waals surface area contributed by atoms with Gasteiger partial charge >= 0.3 is 6.18 Å². The van der Waals surface area contributed by atoms with Gasteiger partial charge in [0.15, 0.2) is 0 Å². The van der Waals surface area contributed by atoms with Crippen molar-refractivity contribution in [2.75, 3.05) is 22.4 Å². The monoisotopic (exact) mass is 430 g/mol. The van der Waals surface area contributed by atoms with E-state index in [1.165, 1.54) is 6.07 Å². The summed E-state index contributed by atoms with van der Waals surface area (Å²) in [5.74, 6) is -0.106. The van der Waals surface area contributed by atoms with Crippen LogP contribution in [-0.4, -0.2) is 33.2 Å². The molecular weight excluding hydrogens is 409 g/mol. The highest BCUT2D eigenvalue weighted by atomic mass is 32.2. The maximum atomic E-state index is 12.9. The summed E-state index contributed by atoms with van der Waals surface area (Å²) in [6, 6.07) is 10.2. The van der Waals surface area contributed by atoms with Crippen molar-refractivity contribution in [2.24, 2.45) is 0 Å². The minimum absolute atomic E-state index is 0.0220. The molecule has 0 aliphatic carbocycles. The first-order valence-corrected chi connectivity index (χ1v) is 10.4. The maximum absolute atomic E-state index is 12.9. The average molecular weight is 430 g/mol. The molecule has 29 heavy (non-hydrogen) atoms. The van der Waals surface area contributed by atoms with Crippen LogP contribution in [0.15, 0.2) is 48.5 Å². The van der Waals surface area contributed by atoms with Crippen molar-refractivity contribution in [2.45, 2.75) is 26.1 Å². The van der Waals surface area contributed by atoms with Crippen LogP contribution in [0.3, 0.4) is 0 Å². The highest BCUT2D eigenvalue weighted by Gasteiger charge is 2.32. The molecule has 10 heteroatoms. The minimum Gasteiger partial charge on any atom is -0.491 e. The van der Waals surface area contributed by atoms with Gasteiger partial charge in [-0.15, -0.1) is 0 Å². The number of rotatable bonds is 7. The molecule has 2 rings (SSSR count). The zero-order valence-corrected chi connectivity index (χ0v) is 16.8. The van der Waals surface area contributed by atoms with E-state index in [2.05, 4.69) is 5.32 Å². The van der Waals surface area contributed by atoms with E-state index in [0.29, 0.717) is 21.8 Å². The second-order valence-corrected chi connectivity index (χ2v) is 8.46. The van der Waals surface area contributed by atoms with Crippen LogP contribution in [0.25, 0.3) is 0 Å². The molecule has 0 aliphatic rings. The lowest BCUT2D eigenvalue weighted by molar-refractivity contribution is -0.137. The summed E-state index contributed by atoms with van der Waals surface area (Å²) < 4.78 is 69.1. The Morgan fingerprint density at radius 3 is 2.28 bits per heavy atom. The van der Waals surface area contributed by atoms with E-state index in [9.17, 15) is 26.4 Å². The fourth-order valence-corrected chi connectivity index (χ4v) is 3.31. The van der Waals surface area contributed by atoms with E-state index in [4.69, 9.17) is 4.74 Å². The number of hydrogen-bond donors (Lipinski definition) is 1. The van der Waals surface area contributed by atoms with Crippen molar-refractivity contribution in [1.29, 1.82) is 0 Å².